The number of ether oxygens (including phenoxy) is 1. The van der Waals surface area contributed by atoms with Crippen molar-refractivity contribution in [3.63, 3.8) is 0 Å². The van der Waals surface area contributed by atoms with Crippen molar-refractivity contribution in [3.8, 4) is 17.0 Å². The molecular formula is C21H12F5N3O. The first kappa shape index (κ1) is 18.3. The van der Waals surface area contributed by atoms with Crippen LogP contribution in [0.1, 0.15) is 11.8 Å². The Kier molecular flexibility index (Phi) is 3.73. The van der Waals surface area contributed by atoms with E-state index in [1.807, 2.05) is 0 Å². The van der Waals surface area contributed by atoms with E-state index < -0.39 is 40.9 Å². The van der Waals surface area contributed by atoms with Crippen molar-refractivity contribution >= 4 is 22.3 Å². The van der Waals surface area contributed by atoms with E-state index in [2.05, 4.69) is 0 Å². The molecule has 0 unspecified atom stereocenters. The van der Waals surface area contributed by atoms with Crippen LogP contribution in [0, 0.1) is 29.1 Å². The number of hydrogen-bond acceptors (Lipinski definition) is 3. The fourth-order valence-electron chi connectivity index (χ4n) is 3.76. The van der Waals surface area contributed by atoms with Gasteiger partial charge in [-0.2, -0.15) is 0 Å². The molecule has 0 amide bonds. The third-order valence-corrected chi connectivity index (χ3v) is 5.11. The van der Waals surface area contributed by atoms with Gasteiger partial charge in [0.25, 0.3) is 0 Å². The summed E-state index contributed by atoms with van der Waals surface area (Å²) in [6.45, 7) is 0. The number of nitrogens with zero attached hydrogens (tertiary/aromatic N) is 1. The molecule has 1 aromatic heterocycles. The molecule has 0 bridgehead atoms. The molecule has 152 valence electrons. The number of benzene rings is 3. The second-order valence-electron chi connectivity index (χ2n) is 6.93. The Bertz CT molecular complexity index is 1340. The molecule has 0 spiro atoms. The summed E-state index contributed by atoms with van der Waals surface area (Å²) in [6.07, 6.45) is -1.67. The van der Waals surface area contributed by atoms with Crippen LogP contribution in [0.25, 0.3) is 22.2 Å². The summed E-state index contributed by atoms with van der Waals surface area (Å²) in [5.41, 5.74) is 12.7. The highest BCUT2D eigenvalue weighted by Crippen LogP contribution is 2.46. The number of anilines is 2. The lowest BCUT2D eigenvalue weighted by molar-refractivity contribution is 0.159. The van der Waals surface area contributed by atoms with Crippen LogP contribution in [0.3, 0.4) is 0 Å². The molecule has 0 aliphatic carbocycles. The van der Waals surface area contributed by atoms with Gasteiger partial charge in [-0.05, 0) is 36.4 Å². The Labute approximate surface area is 166 Å². The first-order valence-electron chi connectivity index (χ1n) is 8.76. The number of fused-ring (bicyclic) bond motifs is 5. The summed E-state index contributed by atoms with van der Waals surface area (Å²) < 4.78 is 77.8. The van der Waals surface area contributed by atoms with Crippen molar-refractivity contribution < 1.29 is 26.7 Å². The van der Waals surface area contributed by atoms with E-state index in [1.54, 1.807) is 36.4 Å². The molecule has 1 aliphatic heterocycles. The molecule has 0 fully saturated rings. The normalized spacial score (nSPS) is 15.0. The summed E-state index contributed by atoms with van der Waals surface area (Å²) in [6, 6.07) is 11.1. The van der Waals surface area contributed by atoms with Crippen molar-refractivity contribution in [1.82, 2.24) is 4.57 Å². The highest BCUT2D eigenvalue weighted by Gasteiger charge is 2.37. The highest BCUT2D eigenvalue weighted by atomic mass is 19.2. The molecule has 30 heavy (non-hydrogen) atoms. The molecule has 4 aromatic rings. The third kappa shape index (κ3) is 2.38. The van der Waals surface area contributed by atoms with Crippen LogP contribution in [0.5, 0.6) is 5.75 Å². The summed E-state index contributed by atoms with van der Waals surface area (Å²) in [4.78, 5) is 0. The minimum absolute atomic E-state index is 0.146. The van der Waals surface area contributed by atoms with E-state index >= 15 is 0 Å². The van der Waals surface area contributed by atoms with Crippen molar-refractivity contribution in [2.24, 2.45) is 0 Å². The quantitative estimate of drug-likeness (QED) is 0.196. The smallest absolute Gasteiger partial charge is 0.209 e. The Morgan fingerprint density at radius 1 is 0.733 bits per heavy atom. The molecule has 3 aromatic carbocycles. The van der Waals surface area contributed by atoms with E-state index in [1.165, 1.54) is 10.6 Å². The van der Waals surface area contributed by atoms with E-state index in [-0.39, 0.29) is 5.75 Å². The van der Waals surface area contributed by atoms with E-state index in [4.69, 9.17) is 16.2 Å². The number of nitrogen functional groups attached to an aromatic ring is 2. The van der Waals surface area contributed by atoms with Crippen LogP contribution in [0.15, 0.2) is 42.5 Å². The molecular weight excluding hydrogens is 405 g/mol. The lowest BCUT2D eigenvalue weighted by atomic mass is 10.1. The lowest BCUT2D eigenvalue weighted by Gasteiger charge is -2.31. The second-order valence-corrected chi connectivity index (χ2v) is 6.93. The van der Waals surface area contributed by atoms with Crippen molar-refractivity contribution in [2.75, 3.05) is 11.5 Å². The number of halogens is 5. The van der Waals surface area contributed by atoms with Crippen LogP contribution in [-0.4, -0.2) is 4.57 Å². The molecule has 0 saturated heterocycles. The van der Waals surface area contributed by atoms with E-state index in [9.17, 15) is 22.0 Å². The van der Waals surface area contributed by atoms with Gasteiger partial charge in [0.15, 0.2) is 23.3 Å². The summed E-state index contributed by atoms with van der Waals surface area (Å²) in [7, 11) is 0. The zero-order chi connectivity index (χ0) is 21.3. The Balaban J connectivity index is 1.88. The molecule has 4 N–H and O–H groups in total. The zero-order valence-corrected chi connectivity index (χ0v) is 15.0. The van der Waals surface area contributed by atoms with Gasteiger partial charge in [0.2, 0.25) is 12.0 Å². The number of nitrogens with two attached hydrogens (primary N) is 2. The number of hydrogen-bond donors (Lipinski definition) is 2. The lowest BCUT2D eigenvalue weighted by Crippen LogP contribution is -2.26. The van der Waals surface area contributed by atoms with Crippen LogP contribution < -0.4 is 16.2 Å². The van der Waals surface area contributed by atoms with Gasteiger partial charge in [-0.15, -0.1) is 0 Å². The van der Waals surface area contributed by atoms with Gasteiger partial charge in [-0.3, -0.25) is 0 Å². The molecule has 2 heterocycles. The highest BCUT2D eigenvalue weighted by molar-refractivity contribution is 5.91. The largest absolute Gasteiger partial charge is 0.465 e. The topological polar surface area (TPSA) is 66.2 Å². The first-order chi connectivity index (χ1) is 14.3. The maximum atomic E-state index is 14.6. The van der Waals surface area contributed by atoms with Gasteiger partial charge in [0.1, 0.15) is 5.75 Å². The van der Waals surface area contributed by atoms with E-state index in [0.717, 1.165) is 0 Å². The standard InChI is InChI=1S/C21H12F5N3O/c22-16-15(17(23)19(25)20(26)18(16)24)21-29-12-4-2-9(27)5-8(12)6-13(29)11-3-1-10(28)7-14(11)30-21/h1-7,21H,27-28H2/t21-/m0/s1. The van der Waals surface area contributed by atoms with Crippen molar-refractivity contribution in [3.05, 3.63) is 77.1 Å². The van der Waals surface area contributed by atoms with Gasteiger partial charge in [-0.1, -0.05) is 0 Å². The molecule has 1 aliphatic rings. The average Bonchev–Trinajstić information content (AvgIpc) is 3.09. The van der Waals surface area contributed by atoms with E-state index in [0.29, 0.717) is 33.5 Å². The fourth-order valence-corrected chi connectivity index (χ4v) is 3.76. The maximum absolute atomic E-state index is 14.6. The van der Waals surface area contributed by atoms with Gasteiger partial charge in [0, 0.05) is 28.4 Å². The van der Waals surface area contributed by atoms with Gasteiger partial charge < -0.3 is 20.8 Å². The fraction of sp³-hybridized carbons (Fsp3) is 0.0476. The molecule has 9 heteroatoms. The van der Waals surface area contributed by atoms with Gasteiger partial charge >= 0.3 is 0 Å². The Hall–Kier alpha value is -3.75. The van der Waals surface area contributed by atoms with Crippen LogP contribution in [0.2, 0.25) is 0 Å². The summed E-state index contributed by atoms with van der Waals surface area (Å²) in [5.74, 6) is -10.1. The molecule has 0 radical (unpaired) electrons. The molecule has 5 rings (SSSR count). The Morgan fingerprint density at radius 2 is 1.33 bits per heavy atom. The minimum atomic E-state index is -2.24. The van der Waals surface area contributed by atoms with Crippen molar-refractivity contribution in [1.29, 1.82) is 0 Å². The average molecular weight is 417 g/mol. The number of aromatic nitrogens is 1. The molecule has 0 saturated carbocycles. The van der Waals surface area contributed by atoms with Crippen LogP contribution in [0.4, 0.5) is 33.3 Å². The maximum Gasteiger partial charge on any atom is 0.209 e. The van der Waals surface area contributed by atoms with Crippen molar-refractivity contribution in [2.45, 2.75) is 6.23 Å². The SMILES string of the molecule is Nc1ccc2c(c1)O[C@@H](c1c(F)c(F)c(F)c(F)c1F)n1c-2cc2cc(N)ccc21. The van der Waals surface area contributed by atoms with Gasteiger partial charge in [-0.25, -0.2) is 22.0 Å². The third-order valence-electron chi connectivity index (χ3n) is 5.11. The first-order valence-corrected chi connectivity index (χ1v) is 8.76. The van der Waals surface area contributed by atoms with Crippen LogP contribution in [-0.2, 0) is 0 Å². The van der Waals surface area contributed by atoms with Crippen LogP contribution >= 0.6 is 0 Å². The second kappa shape index (κ2) is 6.12. The minimum Gasteiger partial charge on any atom is -0.465 e. The summed E-state index contributed by atoms with van der Waals surface area (Å²) in [5, 5.41) is 0.604. The predicted octanol–water partition coefficient (Wildman–Crippen LogP) is 5.11. The molecule has 4 nitrogen and oxygen atoms in total. The van der Waals surface area contributed by atoms with Gasteiger partial charge in [0.05, 0.1) is 16.8 Å². The monoisotopic (exact) mass is 417 g/mol. The Morgan fingerprint density at radius 3 is 2.03 bits per heavy atom. The predicted molar refractivity (Wildman–Crippen MR) is 101 cm³/mol. The molecule has 1 atom stereocenters. The summed E-state index contributed by atoms with van der Waals surface area (Å²) >= 11 is 0. The number of rotatable bonds is 1. The zero-order valence-electron chi connectivity index (χ0n) is 15.0.